The zero-order chi connectivity index (χ0) is 11.3. The number of Topliss-reactive ketones (excluding diaryl/α,β-unsaturated/α-hetero) is 1. The highest BCUT2D eigenvalue weighted by molar-refractivity contribution is 14.1. The Morgan fingerprint density at radius 3 is 2.73 bits per heavy atom. The molecule has 82 valence electrons. The first-order valence-electron chi connectivity index (χ1n) is 5.05. The van der Waals surface area contributed by atoms with Gasteiger partial charge in [0.25, 0.3) is 0 Å². The maximum Gasteiger partial charge on any atom is 0.172 e. The van der Waals surface area contributed by atoms with Gasteiger partial charge in [0.15, 0.2) is 5.78 Å². The van der Waals surface area contributed by atoms with Crippen LogP contribution in [0.3, 0.4) is 0 Å². The van der Waals surface area contributed by atoms with Gasteiger partial charge in [0.1, 0.15) is 12.4 Å². The van der Waals surface area contributed by atoms with Crippen LogP contribution in [0.15, 0.2) is 24.3 Å². The van der Waals surface area contributed by atoms with Gasteiger partial charge in [-0.15, -0.1) is 0 Å². The van der Waals surface area contributed by atoms with Crippen LogP contribution in [0, 0.1) is 9.49 Å². The van der Waals surface area contributed by atoms with E-state index in [2.05, 4.69) is 22.6 Å². The molecule has 1 atom stereocenters. The van der Waals surface area contributed by atoms with E-state index in [0.717, 1.165) is 15.7 Å². The lowest BCUT2D eigenvalue weighted by Crippen LogP contribution is -2.18. The lowest BCUT2D eigenvalue weighted by atomic mass is 10.1. The van der Waals surface area contributed by atoms with Crippen LogP contribution in [0.5, 0.6) is 5.75 Å². The number of carbonyl (C=O) groups is 1. The summed E-state index contributed by atoms with van der Waals surface area (Å²) in [4.78, 5) is 11.5. The second-order valence-electron chi connectivity index (χ2n) is 3.49. The summed E-state index contributed by atoms with van der Waals surface area (Å²) >= 11 is 2.20. The Hall–Kier alpha value is -0.580. The van der Waals surface area contributed by atoms with Crippen LogP contribution in [0.25, 0.3) is 0 Å². The highest BCUT2D eigenvalue weighted by Crippen LogP contribution is 2.19. The molecule has 3 heteroatoms. The van der Waals surface area contributed by atoms with Crippen LogP contribution in [0.1, 0.15) is 20.3 Å². The van der Waals surface area contributed by atoms with Crippen molar-refractivity contribution in [2.24, 2.45) is 5.92 Å². The number of para-hydroxylation sites is 1. The minimum absolute atomic E-state index is 0.0892. The van der Waals surface area contributed by atoms with Crippen molar-refractivity contribution in [2.45, 2.75) is 20.3 Å². The molecule has 0 unspecified atom stereocenters. The molecule has 2 nitrogen and oxygen atoms in total. The quantitative estimate of drug-likeness (QED) is 0.779. The summed E-state index contributed by atoms with van der Waals surface area (Å²) < 4.78 is 6.50. The van der Waals surface area contributed by atoms with E-state index in [9.17, 15) is 4.79 Å². The Morgan fingerprint density at radius 2 is 2.13 bits per heavy atom. The fourth-order valence-electron chi connectivity index (χ4n) is 1.08. The lowest BCUT2D eigenvalue weighted by Gasteiger charge is -2.10. The van der Waals surface area contributed by atoms with Crippen molar-refractivity contribution in [3.8, 4) is 5.75 Å². The number of hydrogen-bond acceptors (Lipinski definition) is 2. The molecule has 0 heterocycles. The summed E-state index contributed by atoms with van der Waals surface area (Å²) in [5, 5.41) is 0. The standard InChI is InChI=1S/C12H15IO2/c1-3-9(2)11(14)8-15-12-7-5-4-6-10(12)13/h4-7,9H,3,8H2,1-2H3/t9-/m0/s1. The van der Waals surface area contributed by atoms with E-state index < -0.39 is 0 Å². The fourth-order valence-corrected chi connectivity index (χ4v) is 1.62. The first kappa shape index (κ1) is 12.5. The molecule has 0 bridgehead atoms. The van der Waals surface area contributed by atoms with Crippen LogP contribution in [0.4, 0.5) is 0 Å². The average molecular weight is 318 g/mol. The third kappa shape index (κ3) is 3.81. The zero-order valence-electron chi connectivity index (χ0n) is 9.00. The Kier molecular flexibility index (Phi) is 5.08. The van der Waals surface area contributed by atoms with Crippen LogP contribution in [-0.2, 0) is 4.79 Å². The minimum atomic E-state index is 0.0892. The molecular formula is C12H15IO2. The van der Waals surface area contributed by atoms with Crippen LogP contribution >= 0.6 is 22.6 Å². The summed E-state index contributed by atoms with van der Waals surface area (Å²) in [5.74, 6) is 1.04. The van der Waals surface area contributed by atoms with E-state index in [1.165, 1.54) is 0 Å². The topological polar surface area (TPSA) is 26.3 Å². The van der Waals surface area contributed by atoms with E-state index in [0.29, 0.717) is 0 Å². The highest BCUT2D eigenvalue weighted by atomic mass is 127. The molecule has 0 aliphatic heterocycles. The predicted octanol–water partition coefficient (Wildman–Crippen LogP) is 3.29. The molecule has 1 rings (SSSR count). The molecule has 0 aromatic heterocycles. The van der Waals surface area contributed by atoms with Crippen LogP contribution < -0.4 is 4.74 Å². The highest BCUT2D eigenvalue weighted by Gasteiger charge is 2.11. The van der Waals surface area contributed by atoms with Gasteiger partial charge >= 0.3 is 0 Å². The molecule has 0 radical (unpaired) electrons. The summed E-state index contributed by atoms with van der Waals surface area (Å²) in [6.07, 6.45) is 0.869. The van der Waals surface area contributed by atoms with E-state index in [1.54, 1.807) is 0 Å². The third-order valence-corrected chi connectivity index (χ3v) is 3.26. The molecule has 15 heavy (non-hydrogen) atoms. The van der Waals surface area contributed by atoms with Crippen molar-refractivity contribution in [1.29, 1.82) is 0 Å². The number of carbonyl (C=O) groups excluding carboxylic acids is 1. The Balaban J connectivity index is 2.51. The van der Waals surface area contributed by atoms with Crippen molar-refractivity contribution in [3.05, 3.63) is 27.8 Å². The second kappa shape index (κ2) is 6.10. The maximum atomic E-state index is 11.5. The molecule has 0 spiro atoms. The molecule has 0 saturated heterocycles. The van der Waals surface area contributed by atoms with Gasteiger partial charge in [-0.25, -0.2) is 0 Å². The molecule has 0 aliphatic rings. The van der Waals surface area contributed by atoms with Crippen molar-refractivity contribution >= 4 is 28.4 Å². The smallest absolute Gasteiger partial charge is 0.172 e. The monoisotopic (exact) mass is 318 g/mol. The SMILES string of the molecule is CC[C@H](C)C(=O)COc1ccccc1I. The Morgan fingerprint density at radius 1 is 1.47 bits per heavy atom. The normalized spacial score (nSPS) is 12.2. The fraction of sp³-hybridized carbons (Fsp3) is 0.417. The molecule has 1 aromatic carbocycles. The summed E-state index contributed by atoms with van der Waals surface area (Å²) in [6, 6.07) is 7.70. The maximum absolute atomic E-state index is 11.5. The minimum Gasteiger partial charge on any atom is -0.485 e. The molecule has 0 fully saturated rings. The summed E-state index contributed by atoms with van der Waals surface area (Å²) in [7, 11) is 0. The van der Waals surface area contributed by atoms with Gasteiger partial charge < -0.3 is 4.74 Å². The third-order valence-electron chi connectivity index (χ3n) is 2.37. The van der Waals surface area contributed by atoms with Gasteiger partial charge in [0.2, 0.25) is 0 Å². The lowest BCUT2D eigenvalue weighted by molar-refractivity contribution is -0.124. The van der Waals surface area contributed by atoms with Gasteiger partial charge in [-0.2, -0.15) is 0 Å². The number of rotatable bonds is 5. The zero-order valence-corrected chi connectivity index (χ0v) is 11.2. The predicted molar refractivity (Wildman–Crippen MR) is 69.1 cm³/mol. The number of ketones is 1. The largest absolute Gasteiger partial charge is 0.485 e. The van der Waals surface area contributed by atoms with Crippen LogP contribution in [-0.4, -0.2) is 12.4 Å². The molecule has 0 N–H and O–H groups in total. The molecular weight excluding hydrogens is 303 g/mol. The average Bonchev–Trinajstić information content (AvgIpc) is 2.26. The molecule has 1 aromatic rings. The van der Waals surface area contributed by atoms with E-state index in [1.807, 2.05) is 38.1 Å². The van der Waals surface area contributed by atoms with Crippen molar-refractivity contribution in [1.82, 2.24) is 0 Å². The van der Waals surface area contributed by atoms with Gasteiger partial charge in [-0.05, 0) is 41.1 Å². The molecule has 0 aliphatic carbocycles. The molecule has 0 amide bonds. The summed E-state index contributed by atoms with van der Waals surface area (Å²) in [6.45, 7) is 4.12. The second-order valence-corrected chi connectivity index (χ2v) is 4.66. The van der Waals surface area contributed by atoms with Crippen LogP contribution in [0.2, 0.25) is 0 Å². The van der Waals surface area contributed by atoms with Gasteiger partial charge in [-0.1, -0.05) is 26.0 Å². The van der Waals surface area contributed by atoms with Gasteiger partial charge in [0, 0.05) is 5.92 Å². The van der Waals surface area contributed by atoms with Crippen molar-refractivity contribution in [3.63, 3.8) is 0 Å². The Bertz CT molecular complexity index is 336. The van der Waals surface area contributed by atoms with E-state index in [4.69, 9.17) is 4.74 Å². The first-order chi connectivity index (χ1) is 7.15. The number of ether oxygens (including phenoxy) is 1. The Labute approximate surface area is 104 Å². The number of hydrogen-bond donors (Lipinski definition) is 0. The van der Waals surface area contributed by atoms with Gasteiger partial charge in [0.05, 0.1) is 3.57 Å². The number of halogens is 1. The first-order valence-corrected chi connectivity index (χ1v) is 6.13. The number of benzene rings is 1. The molecule has 0 saturated carbocycles. The van der Waals surface area contributed by atoms with E-state index in [-0.39, 0.29) is 18.3 Å². The van der Waals surface area contributed by atoms with Crippen molar-refractivity contribution in [2.75, 3.05) is 6.61 Å². The summed E-state index contributed by atoms with van der Waals surface area (Å²) in [5.41, 5.74) is 0. The van der Waals surface area contributed by atoms with Crippen molar-refractivity contribution < 1.29 is 9.53 Å². The van der Waals surface area contributed by atoms with Gasteiger partial charge in [-0.3, -0.25) is 4.79 Å². The van der Waals surface area contributed by atoms with E-state index >= 15 is 0 Å².